The number of nitrogens with one attached hydrogen (secondary N) is 1. The number of benzene rings is 1. The Labute approximate surface area is 160 Å². The number of amides is 1. The first-order valence-electron chi connectivity index (χ1n) is 7.42. The number of halogens is 1. The van der Waals surface area contributed by atoms with Crippen molar-refractivity contribution in [2.75, 3.05) is 5.32 Å². The number of ketones is 1. The second-order valence-corrected chi connectivity index (χ2v) is 6.16. The lowest BCUT2D eigenvalue weighted by Crippen LogP contribution is -3.00. The predicted octanol–water partition coefficient (Wildman–Crippen LogP) is -0.122. The maximum absolute atomic E-state index is 12.3. The predicted molar refractivity (Wildman–Crippen MR) is 92.2 cm³/mol. The van der Waals surface area contributed by atoms with Crippen LogP contribution in [0.15, 0.2) is 60.2 Å². The molecule has 0 radical (unpaired) electrons. The first-order valence-corrected chi connectivity index (χ1v) is 8.30. The van der Waals surface area contributed by atoms with Gasteiger partial charge in [-0.3, -0.25) is 14.9 Å². The standard InChI is InChI=1S/C18H15N3O2S.BrH/c1-13-12-24-18(19-13)20-17(23)15-8-5-9-21(10-15)11-16(22)14-6-3-2-4-7-14;/h2-10,12H,11H2,1H3;1H. The lowest BCUT2D eigenvalue weighted by atomic mass is 10.1. The van der Waals surface area contributed by atoms with Gasteiger partial charge in [-0.05, 0) is 13.0 Å². The second kappa shape index (κ2) is 8.64. The molecule has 128 valence electrons. The molecule has 1 aromatic carbocycles. The third kappa shape index (κ3) is 5.04. The van der Waals surface area contributed by atoms with Gasteiger partial charge in [0.1, 0.15) is 5.56 Å². The molecule has 3 aromatic rings. The summed E-state index contributed by atoms with van der Waals surface area (Å²) < 4.78 is 1.71. The number of hydrogen-bond donors (Lipinski definition) is 1. The SMILES string of the molecule is Cc1csc(NC(=O)c2ccc[n+](CC(=O)c3ccccc3)c2)n1.[Br-]. The molecule has 1 N–H and O–H groups in total. The highest BCUT2D eigenvalue weighted by molar-refractivity contribution is 7.13. The van der Waals surface area contributed by atoms with Gasteiger partial charge in [-0.1, -0.05) is 30.3 Å². The van der Waals surface area contributed by atoms with E-state index in [1.807, 2.05) is 30.5 Å². The molecule has 0 unspecified atom stereocenters. The third-order valence-corrected chi connectivity index (χ3v) is 4.26. The van der Waals surface area contributed by atoms with E-state index in [-0.39, 0.29) is 35.2 Å². The van der Waals surface area contributed by atoms with Crippen molar-refractivity contribution in [1.82, 2.24) is 4.98 Å². The summed E-state index contributed by atoms with van der Waals surface area (Å²) in [6, 6.07) is 12.6. The van der Waals surface area contributed by atoms with Crippen LogP contribution in [0.2, 0.25) is 0 Å². The van der Waals surface area contributed by atoms with E-state index in [2.05, 4.69) is 10.3 Å². The van der Waals surface area contributed by atoms with E-state index in [0.717, 1.165) is 5.69 Å². The highest BCUT2D eigenvalue weighted by Crippen LogP contribution is 2.15. The minimum atomic E-state index is -0.245. The average Bonchev–Trinajstić information content (AvgIpc) is 3.00. The van der Waals surface area contributed by atoms with Gasteiger partial charge in [0.2, 0.25) is 12.3 Å². The Morgan fingerprint density at radius 2 is 1.84 bits per heavy atom. The number of Topliss-reactive ketones (excluding diaryl/α,β-unsaturated/α-hetero) is 1. The van der Waals surface area contributed by atoms with Gasteiger partial charge in [0.15, 0.2) is 17.5 Å². The topological polar surface area (TPSA) is 62.9 Å². The van der Waals surface area contributed by atoms with Gasteiger partial charge in [-0.2, -0.15) is 4.57 Å². The van der Waals surface area contributed by atoms with E-state index in [1.54, 1.807) is 41.2 Å². The fraction of sp³-hybridized carbons (Fsp3) is 0.111. The summed E-state index contributed by atoms with van der Waals surface area (Å²) in [5, 5.41) is 5.20. The van der Waals surface area contributed by atoms with Crippen LogP contribution in [0.4, 0.5) is 5.13 Å². The summed E-state index contributed by atoms with van der Waals surface area (Å²) in [7, 11) is 0. The van der Waals surface area contributed by atoms with Crippen molar-refractivity contribution in [3.8, 4) is 0 Å². The fourth-order valence-electron chi connectivity index (χ4n) is 2.22. The van der Waals surface area contributed by atoms with Crippen LogP contribution in [-0.4, -0.2) is 16.7 Å². The van der Waals surface area contributed by atoms with Crippen molar-refractivity contribution in [3.63, 3.8) is 0 Å². The van der Waals surface area contributed by atoms with E-state index in [0.29, 0.717) is 16.3 Å². The molecule has 2 aromatic heterocycles. The number of thiazole rings is 1. The number of nitrogens with zero attached hydrogens (tertiary/aromatic N) is 2. The number of carbonyl (C=O) groups is 2. The molecule has 0 saturated heterocycles. The lowest BCUT2D eigenvalue weighted by molar-refractivity contribution is -0.683. The summed E-state index contributed by atoms with van der Waals surface area (Å²) in [6.07, 6.45) is 3.43. The first kappa shape index (κ1) is 19.0. The molecule has 1 amide bonds. The van der Waals surface area contributed by atoms with E-state index >= 15 is 0 Å². The van der Waals surface area contributed by atoms with Crippen LogP contribution < -0.4 is 26.9 Å². The van der Waals surface area contributed by atoms with Crippen LogP contribution in [0.5, 0.6) is 0 Å². The Bertz CT molecular complexity index is 881. The Hall–Kier alpha value is -2.38. The Balaban J connectivity index is 0.00000225. The maximum atomic E-state index is 12.3. The molecular weight excluding hydrogens is 402 g/mol. The number of hydrogen-bond acceptors (Lipinski definition) is 4. The summed E-state index contributed by atoms with van der Waals surface area (Å²) in [5.41, 5.74) is 2.00. The lowest BCUT2D eigenvalue weighted by Gasteiger charge is -2.02. The maximum Gasteiger partial charge on any atom is 0.263 e. The van der Waals surface area contributed by atoms with Crippen LogP contribution in [0, 0.1) is 6.92 Å². The summed E-state index contributed by atoms with van der Waals surface area (Å²) >= 11 is 1.38. The molecule has 3 rings (SSSR count). The molecule has 0 atom stereocenters. The number of aryl methyl sites for hydroxylation is 1. The van der Waals surface area contributed by atoms with Gasteiger partial charge in [-0.25, -0.2) is 4.98 Å². The number of carbonyl (C=O) groups excluding carboxylic acids is 2. The Morgan fingerprint density at radius 3 is 2.52 bits per heavy atom. The van der Waals surface area contributed by atoms with E-state index in [1.165, 1.54) is 11.3 Å². The third-order valence-electron chi connectivity index (χ3n) is 3.38. The Kier molecular flexibility index (Phi) is 6.55. The molecule has 0 aliphatic rings. The molecule has 25 heavy (non-hydrogen) atoms. The van der Waals surface area contributed by atoms with Gasteiger partial charge >= 0.3 is 0 Å². The van der Waals surface area contributed by atoms with Crippen LogP contribution in [0.25, 0.3) is 0 Å². The highest BCUT2D eigenvalue weighted by atomic mass is 79.9. The molecule has 0 saturated carbocycles. The summed E-state index contributed by atoms with van der Waals surface area (Å²) in [5.74, 6) is -0.250. The molecule has 5 nitrogen and oxygen atoms in total. The highest BCUT2D eigenvalue weighted by Gasteiger charge is 2.15. The zero-order valence-corrected chi connectivity index (χ0v) is 15.9. The van der Waals surface area contributed by atoms with Crippen molar-refractivity contribution >= 4 is 28.2 Å². The van der Waals surface area contributed by atoms with Crippen molar-refractivity contribution in [2.24, 2.45) is 0 Å². The van der Waals surface area contributed by atoms with Crippen molar-refractivity contribution in [2.45, 2.75) is 13.5 Å². The zero-order valence-electron chi connectivity index (χ0n) is 13.5. The minimum Gasteiger partial charge on any atom is -1.00 e. The van der Waals surface area contributed by atoms with Gasteiger partial charge in [-0.15, -0.1) is 11.3 Å². The van der Waals surface area contributed by atoms with Gasteiger partial charge in [0.05, 0.1) is 5.69 Å². The monoisotopic (exact) mass is 417 g/mol. The van der Waals surface area contributed by atoms with Crippen LogP contribution in [0.1, 0.15) is 26.4 Å². The van der Waals surface area contributed by atoms with E-state index in [9.17, 15) is 9.59 Å². The number of rotatable bonds is 5. The summed E-state index contributed by atoms with van der Waals surface area (Å²) in [6.45, 7) is 2.05. The molecule has 2 heterocycles. The molecule has 7 heteroatoms. The molecule has 0 spiro atoms. The van der Waals surface area contributed by atoms with Gasteiger partial charge in [0.25, 0.3) is 5.91 Å². The molecule has 0 fully saturated rings. The van der Waals surface area contributed by atoms with Crippen molar-refractivity contribution in [3.05, 3.63) is 77.1 Å². The quantitative estimate of drug-likeness (QED) is 0.464. The summed E-state index contributed by atoms with van der Waals surface area (Å²) in [4.78, 5) is 28.8. The molecule has 0 aliphatic carbocycles. The van der Waals surface area contributed by atoms with Crippen molar-refractivity contribution < 1.29 is 31.1 Å². The Morgan fingerprint density at radius 1 is 1.12 bits per heavy atom. The first-order chi connectivity index (χ1) is 11.6. The largest absolute Gasteiger partial charge is 1.00 e. The number of anilines is 1. The van der Waals surface area contributed by atoms with Crippen LogP contribution in [0.3, 0.4) is 0 Å². The molecular formula is C18H16BrN3O2S. The fourth-order valence-corrected chi connectivity index (χ4v) is 2.90. The molecule has 0 aliphatic heterocycles. The number of pyridine rings is 1. The molecule has 0 bridgehead atoms. The smallest absolute Gasteiger partial charge is 0.263 e. The van der Waals surface area contributed by atoms with Crippen LogP contribution >= 0.6 is 11.3 Å². The zero-order chi connectivity index (χ0) is 16.9. The van der Waals surface area contributed by atoms with Gasteiger partial charge < -0.3 is 17.0 Å². The van der Waals surface area contributed by atoms with E-state index < -0.39 is 0 Å². The average molecular weight is 418 g/mol. The van der Waals surface area contributed by atoms with Gasteiger partial charge in [0, 0.05) is 17.0 Å². The number of aromatic nitrogens is 2. The van der Waals surface area contributed by atoms with E-state index in [4.69, 9.17) is 0 Å². The second-order valence-electron chi connectivity index (χ2n) is 5.30. The minimum absolute atomic E-state index is 0. The van der Waals surface area contributed by atoms with Crippen LogP contribution in [-0.2, 0) is 6.54 Å². The van der Waals surface area contributed by atoms with Crippen molar-refractivity contribution in [1.29, 1.82) is 0 Å². The normalized spacial score (nSPS) is 9.96.